The van der Waals surface area contributed by atoms with Crippen LogP contribution in [0.3, 0.4) is 0 Å². The number of hydrogen-bond acceptors (Lipinski definition) is 6. The third kappa shape index (κ3) is 8.88. The molecule has 0 atom stereocenters. The Morgan fingerprint density at radius 3 is 2.33 bits per heavy atom. The molecule has 0 amide bonds. The number of likely N-dealkylation sites (N-methyl/N-ethyl adjacent to an activating group) is 1. The van der Waals surface area contributed by atoms with Crippen LogP contribution in [0.15, 0.2) is 47.6 Å². The van der Waals surface area contributed by atoms with Crippen LogP contribution in [0, 0.1) is 0 Å². The second-order valence-electron chi connectivity index (χ2n) is 7.59. The number of guanidine groups is 1. The van der Waals surface area contributed by atoms with Crippen LogP contribution in [-0.4, -0.2) is 75.4 Å². The highest BCUT2D eigenvalue weighted by Crippen LogP contribution is 2.17. The minimum Gasteiger partial charge on any atom is -0.497 e. The molecule has 8 nitrogen and oxygen atoms in total. The highest BCUT2D eigenvalue weighted by molar-refractivity contribution is 14.0. The molecule has 33 heavy (non-hydrogen) atoms. The van der Waals surface area contributed by atoms with E-state index in [2.05, 4.69) is 56.4 Å². The van der Waals surface area contributed by atoms with Crippen molar-refractivity contribution in [1.29, 1.82) is 0 Å². The highest BCUT2D eigenvalue weighted by atomic mass is 127. The van der Waals surface area contributed by atoms with E-state index in [1.165, 1.54) is 0 Å². The molecule has 0 spiro atoms. The second-order valence-corrected chi connectivity index (χ2v) is 7.59. The van der Waals surface area contributed by atoms with Gasteiger partial charge in [0, 0.05) is 38.9 Å². The lowest BCUT2D eigenvalue weighted by molar-refractivity contribution is 0.270. The molecule has 2 N–H and O–H groups in total. The fourth-order valence-electron chi connectivity index (χ4n) is 3.51. The van der Waals surface area contributed by atoms with E-state index in [4.69, 9.17) is 9.47 Å². The molecule has 0 bridgehead atoms. The number of anilines is 1. The van der Waals surface area contributed by atoms with Crippen molar-refractivity contribution in [2.45, 2.75) is 20.4 Å². The van der Waals surface area contributed by atoms with Gasteiger partial charge in [0.25, 0.3) is 0 Å². The zero-order valence-corrected chi connectivity index (χ0v) is 22.2. The molecule has 3 rings (SSSR count). The van der Waals surface area contributed by atoms with Crippen LogP contribution in [0.4, 0.5) is 5.82 Å². The summed E-state index contributed by atoms with van der Waals surface area (Å²) in [5.41, 5.74) is 1.09. The topological polar surface area (TPSA) is 74.3 Å². The molecule has 182 valence electrons. The van der Waals surface area contributed by atoms with Gasteiger partial charge < -0.3 is 29.9 Å². The van der Waals surface area contributed by atoms with E-state index in [1.54, 1.807) is 7.11 Å². The van der Waals surface area contributed by atoms with Crippen LogP contribution >= 0.6 is 24.0 Å². The average Bonchev–Trinajstić information content (AvgIpc) is 2.86. The number of methoxy groups -OCH3 is 1. The van der Waals surface area contributed by atoms with Crippen LogP contribution in [-0.2, 0) is 6.54 Å². The Kier molecular flexibility index (Phi) is 12.1. The molecule has 2 aromatic rings. The average molecular weight is 569 g/mol. The Balaban J connectivity index is 0.00000385. The first kappa shape index (κ1) is 27.0. The number of piperazine rings is 1. The second kappa shape index (κ2) is 14.8. The van der Waals surface area contributed by atoms with Gasteiger partial charge in [0.2, 0.25) is 0 Å². The number of aromatic nitrogens is 1. The quantitative estimate of drug-likeness (QED) is 0.198. The monoisotopic (exact) mass is 568 g/mol. The summed E-state index contributed by atoms with van der Waals surface area (Å²) in [6, 6.07) is 11.8. The van der Waals surface area contributed by atoms with Gasteiger partial charge in [-0.05, 0) is 49.4 Å². The Bertz CT molecular complexity index is 824. The summed E-state index contributed by atoms with van der Waals surface area (Å²) in [6.45, 7) is 12.2. The number of nitrogens with one attached hydrogen (secondary N) is 2. The van der Waals surface area contributed by atoms with E-state index in [0.29, 0.717) is 19.7 Å². The summed E-state index contributed by atoms with van der Waals surface area (Å²) in [6.07, 6.45) is 1.93. The molecule has 2 heterocycles. The van der Waals surface area contributed by atoms with E-state index >= 15 is 0 Å². The molecular formula is C24H37IN6O2. The van der Waals surface area contributed by atoms with Crippen molar-refractivity contribution in [3.05, 3.63) is 48.2 Å². The van der Waals surface area contributed by atoms with Crippen molar-refractivity contribution < 1.29 is 9.47 Å². The maximum Gasteiger partial charge on any atom is 0.191 e. The molecule has 1 saturated heterocycles. The van der Waals surface area contributed by atoms with Crippen molar-refractivity contribution in [2.24, 2.45) is 4.99 Å². The van der Waals surface area contributed by atoms with Crippen LogP contribution in [0.2, 0.25) is 0 Å². The number of pyridine rings is 1. The number of halogens is 1. The first-order valence-corrected chi connectivity index (χ1v) is 11.4. The van der Waals surface area contributed by atoms with Gasteiger partial charge in [-0.2, -0.15) is 0 Å². The molecule has 1 fully saturated rings. The molecule has 1 aromatic carbocycles. The number of benzene rings is 1. The summed E-state index contributed by atoms with van der Waals surface area (Å²) >= 11 is 0. The van der Waals surface area contributed by atoms with Crippen molar-refractivity contribution >= 4 is 35.8 Å². The zero-order chi connectivity index (χ0) is 22.6. The van der Waals surface area contributed by atoms with Crippen molar-refractivity contribution in [2.75, 3.05) is 64.4 Å². The van der Waals surface area contributed by atoms with Crippen molar-refractivity contribution in [1.82, 2.24) is 20.5 Å². The molecule has 1 aliphatic rings. The summed E-state index contributed by atoms with van der Waals surface area (Å²) in [4.78, 5) is 14.2. The van der Waals surface area contributed by atoms with Gasteiger partial charge >= 0.3 is 0 Å². The predicted octanol–water partition coefficient (Wildman–Crippen LogP) is 2.98. The fraction of sp³-hybridized carbons (Fsp3) is 0.500. The fourth-order valence-corrected chi connectivity index (χ4v) is 3.51. The van der Waals surface area contributed by atoms with Crippen LogP contribution in [0.5, 0.6) is 11.5 Å². The van der Waals surface area contributed by atoms with Gasteiger partial charge in [-0.15, -0.1) is 24.0 Å². The lowest BCUT2D eigenvalue weighted by Gasteiger charge is -2.34. The molecule has 0 radical (unpaired) electrons. The third-order valence-corrected chi connectivity index (χ3v) is 5.44. The van der Waals surface area contributed by atoms with E-state index in [9.17, 15) is 0 Å². The smallest absolute Gasteiger partial charge is 0.191 e. The largest absolute Gasteiger partial charge is 0.497 e. The van der Waals surface area contributed by atoms with E-state index in [-0.39, 0.29) is 24.0 Å². The molecule has 9 heteroatoms. The Morgan fingerprint density at radius 1 is 1.00 bits per heavy atom. The molecular weight excluding hydrogens is 531 g/mol. The van der Waals surface area contributed by atoms with E-state index < -0.39 is 0 Å². The molecule has 0 saturated carbocycles. The number of nitrogens with zero attached hydrogens (tertiary/aromatic N) is 4. The minimum absolute atomic E-state index is 0. The SMILES string of the molecule is CCNC(=NCc1ccc(N2CCN(CC)CC2)nc1)NCCOc1ccc(OC)cc1.I. The molecule has 0 aliphatic carbocycles. The summed E-state index contributed by atoms with van der Waals surface area (Å²) in [7, 11) is 1.65. The van der Waals surface area contributed by atoms with E-state index in [0.717, 1.165) is 68.1 Å². The number of hydrogen-bond donors (Lipinski definition) is 2. The maximum absolute atomic E-state index is 5.76. The zero-order valence-electron chi connectivity index (χ0n) is 19.9. The number of rotatable bonds is 10. The van der Waals surface area contributed by atoms with Crippen LogP contribution in [0.1, 0.15) is 19.4 Å². The maximum atomic E-state index is 5.76. The first-order chi connectivity index (χ1) is 15.7. The Labute approximate surface area is 214 Å². The summed E-state index contributed by atoms with van der Waals surface area (Å²) < 4.78 is 10.9. The lowest BCUT2D eigenvalue weighted by Crippen LogP contribution is -2.46. The van der Waals surface area contributed by atoms with Crippen LogP contribution in [0.25, 0.3) is 0 Å². The van der Waals surface area contributed by atoms with Crippen molar-refractivity contribution in [3.8, 4) is 11.5 Å². The van der Waals surface area contributed by atoms with Gasteiger partial charge in [-0.3, -0.25) is 0 Å². The Hall–Kier alpha value is -2.27. The normalized spacial score (nSPS) is 14.4. The molecule has 1 aliphatic heterocycles. The third-order valence-electron chi connectivity index (χ3n) is 5.44. The van der Waals surface area contributed by atoms with E-state index in [1.807, 2.05) is 30.5 Å². The molecule has 1 aromatic heterocycles. The van der Waals surface area contributed by atoms with Gasteiger partial charge in [0.1, 0.15) is 23.9 Å². The number of aliphatic imine (C=N–C) groups is 1. The lowest BCUT2D eigenvalue weighted by atomic mass is 10.2. The first-order valence-electron chi connectivity index (χ1n) is 11.4. The standard InChI is InChI=1S/C24H36N6O2.HI/c1-4-25-24(26-12-17-32-22-9-7-21(31-3)8-10-22)28-19-20-6-11-23(27-18-20)30-15-13-29(5-2)14-16-30;/h6-11,18H,4-5,12-17,19H2,1-3H3,(H2,25,26,28);1H. The predicted molar refractivity (Wildman–Crippen MR) is 145 cm³/mol. The summed E-state index contributed by atoms with van der Waals surface area (Å²) in [5, 5.41) is 6.59. The van der Waals surface area contributed by atoms with Gasteiger partial charge in [0.05, 0.1) is 20.2 Å². The molecule has 0 unspecified atom stereocenters. The van der Waals surface area contributed by atoms with Gasteiger partial charge in [-0.25, -0.2) is 9.98 Å². The summed E-state index contributed by atoms with van der Waals surface area (Å²) in [5.74, 6) is 3.45. The number of ether oxygens (including phenoxy) is 2. The highest BCUT2D eigenvalue weighted by Gasteiger charge is 2.16. The van der Waals surface area contributed by atoms with Gasteiger partial charge in [-0.1, -0.05) is 13.0 Å². The minimum atomic E-state index is 0. The Morgan fingerprint density at radius 2 is 1.73 bits per heavy atom. The van der Waals surface area contributed by atoms with Crippen LogP contribution < -0.4 is 25.0 Å². The van der Waals surface area contributed by atoms with Crippen molar-refractivity contribution in [3.63, 3.8) is 0 Å². The van der Waals surface area contributed by atoms with Gasteiger partial charge in [0.15, 0.2) is 5.96 Å².